The lowest BCUT2D eigenvalue weighted by molar-refractivity contribution is 0.103. The topological polar surface area (TPSA) is 113 Å². The van der Waals surface area contributed by atoms with Crippen molar-refractivity contribution < 1.29 is 22.8 Å². The number of aryl methyl sites for hydroxylation is 2. The Morgan fingerprint density at radius 2 is 1.76 bits per heavy atom. The highest BCUT2D eigenvalue weighted by molar-refractivity contribution is 6.34. The molecule has 0 saturated carbocycles. The molecule has 4 amide bonds. The van der Waals surface area contributed by atoms with Gasteiger partial charge in [-0.3, -0.25) is 19.6 Å². The monoisotopic (exact) mass is 533 g/mol. The van der Waals surface area contributed by atoms with Crippen LogP contribution < -0.4 is 10.6 Å². The molecule has 1 saturated heterocycles. The second kappa shape index (κ2) is 9.28. The van der Waals surface area contributed by atoms with E-state index in [-0.39, 0.29) is 23.0 Å². The van der Waals surface area contributed by atoms with Crippen molar-refractivity contribution in [3.8, 4) is 0 Å². The Kier molecular flexibility index (Phi) is 6.11. The highest BCUT2D eigenvalue weighted by Gasteiger charge is 2.39. The second-order valence-corrected chi connectivity index (χ2v) is 8.79. The van der Waals surface area contributed by atoms with Crippen molar-refractivity contribution in [2.45, 2.75) is 19.4 Å². The molecule has 0 aliphatic carbocycles. The van der Waals surface area contributed by atoms with E-state index in [0.29, 0.717) is 23.3 Å². The molecule has 11 nitrogen and oxygen atoms in total. The predicted molar refractivity (Wildman–Crippen MR) is 125 cm³/mol. The second-order valence-electron chi connectivity index (χ2n) is 8.38. The fraction of sp³-hybridized carbons (Fsp3) is 0.227. The SMILES string of the molecule is Cn1cnc(CN2C(=O)NC(Nc3cc4cn(C)nc4cc3Cl)N(Cc3cc(F)c(F)cc3F)C2=O)n1. The number of halogens is 4. The summed E-state index contributed by atoms with van der Waals surface area (Å²) in [6.07, 6.45) is 1.92. The minimum absolute atomic E-state index is 0.182. The highest BCUT2D eigenvalue weighted by atomic mass is 35.5. The van der Waals surface area contributed by atoms with Crippen molar-refractivity contribution in [2.24, 2.45) is 14.1 Å². The summed E-state index contributed by atoms with van der Waals surface area (Å²) < 4.78 is 44.9. The number of urea groups is 2. The average molecular weight is 534 g/mol. The molecule has 192 valence electrons. The maximum Gasteiger partial charge on any atom is 0.331 e. The van der Waals surface area contributed by atoms with E-state index in [1.807, 2.05) is 0 Å². The lowest BCUT2D eigenvalue weighted by Gasteiger charge is -2.41. The maximum absolute atomic E-state index is 14.5. The molecule has 1 aliphatic heterocycles. The molecular weight excluding hydrogens is 515 g/mol. The highest BCUT2D eigenvalue weighted by Crippen LogP contribution is 2.29. The Labute approximate surface area is 212 Å². The van der Waals surface area contributed by atoms with E-state index in [4.69, 9.17) is 11.6 Å². The van der Waals surface area contributed by atoms with Gasteiger partial charge in [-0.15, -0.1) is 0 Å². The van der Waals surface area contributed by atoms with Crippen LogP contribution in [0.5, 0.6) is 0 Å². The molecule has 2 N–H and O–H groups in total. The smallest absolute Gasteiger partial charge is 0.331 e. The Bertz CT molecular complexity index is 1540. The number of rotatable bonds is 6. The number of anilines is 1. The molecule has 1 fully saturated rings. The van der Waals surface area contributed by atoms with Crippen molar-refractivity contribution in [1.82, 2.24) is 39.7 Å². The Balaban J connectivity index is 1.49. The fourth-order valence-electron chi connectivity index (χ4n) is 3.93. The third kappa shape index (κ3) is 4.74. The summed E-state index contributed by atoms with van der Waals surface area (Å²) in [4.78, 5) is 32.3. The molecular formula is C22H19ClF3N9O2. The van der Waals surface area contributed by atoms with E-state index in [2.05, 4.69) is 25.8 Å². The normalized spacial score (nSPS) is 16.0. The van der Waals surface area contributed by atoms with Gasteiger partial charge < -0.3 is 5.32 Å². The van der Waals surface area contributed by atoms with Crippen molar-refractivity contribution in [1.29, 1.82) is 0 Å². The van der Waals surface area contributed by atoms with Crippen LogP contribution in [-0.4, -0.2) is 52.7 Å². The molecule has 37 heavy (non-hydrogen) atoms. The molecule has 1 unspecified atom stereocenters. The van der Waals surface area contributed by atoms with Crippen LogP contribution in [0.1, 0.15) is 11.4 Å². The number of aromatic nitrogens is 5. The molecule has 0 spiro atoms. The van der Waals surface area contributed by atoms with Crippen LogP contribution in [0.2, 0.25) is 5.02 Å². The average Bonchev–Trinajstić information content (AvgIpc) is 3.40. The number of hydrogen-bond donors (Lipinski definition) is 2. The lowest BCUT2D eigenvalue weighted by atomic mass is 10.1. The molecule has 15 heteroatoms. The van der Waals surface area contributed by atoms with Gasteiger partial charge in [0.2, 0.25) is 0 Å². The van der Waals surface area contributed by atoms with Crippen molar-refractivity contribution in [3.63, 3.8) is 0 Å². The summed E-state index contributed by atoms with van der Waals surface area (Å²) in [5.41, 5.74) is 0.660. The summed E-state index contributed by atoms with van der Waals surface area (Å²) in [6, 6.07) is 2.69. The van der Waals surface area contributed by atoms with Crippen LogP contribution >= 0.6 is 11.6 Å². The van der Waals surface area contributed by atoms with Gasteiger partial charge in [0, 0.05) is 37.3 Å². The largest absolute Gasteiger partial charge is 0.347 e. The van der Waals surface area contributed by atoms with Crippen LogP contribution in [-0.2, 0) is 27.2 Å². The molecule has 3 heterocycles. The number of imide groups is 1. The quantitative estimate of drug-likeness (QED) is 0.368. The maximum atomic E-state index is 14.5. The van der Waals surface area contributed by atoms with Gasteiger partial charge in [-0.25, -0.2) is 32.6 Å². The molecule has 0 radical (unpaired) electrons. The lowest BCUT2D eigenvalue weighted by Crippen LogP contribution is -2.66. The summed E-state index contributed by atoms with van der Waals surface area (Å²) >= 11 is 6.41. The van der Waals surface area contributed by atoms with Gasteiger partial charge >= 0.3 is 12.1 Å². The van der Waals surface area contributed by atoms with Crippen LogP contribution in [0.25, 0.3) is 10.9 Å². The van der Waals surface area contributed by atoms with E-state index in [1.54, 1.807) is 37.1 Å². The number of nitrogens with one attached hydrogen (secondary N) is 2. The summed E-state index contributed by atoms with van der Waals surface area (Å²) in [6.45, 7) is -0.796. The standard InChI is InChI=1S/C22H19ClF3N9O2/c1-32-7-12-4-18(13(23)5-17(12)30-32)28-20-29-21(36)35(9-19-27-10-33(2)31-19)22(37)34(20)8-11-3-15(25)16(26)6-14(11)24/h3-7,10,20,28H,8-9H2,1-2H3,(H,29,36). The molecule has 2 aromatic carbocycles. The molecule has 0 bridgehead atoms. The Hall–Kier alpha value is -4.33. The van der Waals surface area contributed by atoms with Gasteiger partial charge in [0.25, 0.3) is 0 Å². The van der Waals surface area contributed by atoms with Gasteiger partial charge in [0.05, 0.1) is 29.3 Å². The number of fused-ring (bicyclic) bond motifs is 1. The van der Waals surface area contributed by atoms with Crippen LogP contribution in [0.15, 0.2) is 36.8 Å². The first-order valence-electron chi connectivity index (χ1n) is 10.8. The van der Waals surface area contributed by atoms with E-state index in [9.17, 15) is 22.8 Å². The summed E-state index contributed by atoms with van der Waals surface area (Å²) in [5.74, 6) is -3.53. The fourth-order valence-corrected chi connectivity index (χ4v) is 4.14. The predicted octanol–water partition coefficient (Wildman–Crippen LogP) is 3.32. The number of hydrogen-bond acceptors (Lipinski definition) is 6. The van der Waals surface area contributed by atoms with Gasteiger partial charge in [-0.05, 0) is 18.2 Å². The van der Waals surface area contributed by atoms with Crippen LogP contribution in [0.4, 0.5) is 28.4 Å². The van der Waals surface area contributed by atoms with E-state index in [1.165, 1.54) is 11.0 Å². The summed E-state index contributed by atoms with van der Waals surface area (Å²) in [5, 5.41) is 14.9. The van der Waals surface area contributed by atoms with E-state index < -0.39 is 42.3 Å². The number of carbonyl (C=O) groups is 2. The number of carbonyl (C=O) groups excluding carboxylic acids is 2. The first-order valence-corrected chi connectivity index (χ1v) is 11.2. The van der Waals surface area contributed by atoms with Gasteiger partial charge in [0.15, 0.2) is 23.7 Å². The van der Waals surface area contributed by atoms with E-state index >= 15 is 0 Å². The van der Waals surface area contributed by atoms with Crippen LogP contribution in [0.3, 0.4) is 0 Å². The zero-order chi connectivity index (χ0) is 26.4. The third-order valence-corrected chi connectivity index (χ3v) is 5.98. The molecule has 4 aromatic rings. The molecule has 5 rings (SSSR count). The Morgan fingerprint density at radius 3 is 2.49 bits per heavy atom. The first-order chi connectivity index (χ1) is 17.6. The van der Waals surface area contributed by atoms with Crippen molar-refractivity contribution >= 4 is 40.3 Å². The number of amides is 4. The first kappa shape index (κ1) is 24.4. The zero-order valence-corrected chi connectivity index (χ0v) is 20.2. The molecule has 1 atom stereocenters. The molecule has 2 aromatic heterocycles. The molecule has 1 aliphatic rings. The van der Waals surface area contributed by atoms with Gasteiger partial charge in [-0.1, -0.05) is 11.6 Å². The zero-order valence-electron chi connectivity index (χ0n) is 19.4. The third-order valence-electron chi connectivity index (χ3n) is 5.67. The summed E-state index contributed by atoms with van der Waals surface area (Å²) in [7, 11) is 3.36. The Morgan fingerprint density at radius 1 is 1.00 bits per heavy atom. The van der Waals surface area contributed by atoms with Crippen molar-refractivity contribution in [3.05, 3.63) is 70.7 Å². The van der Waals surface area contributed by atoms with Gasteiger partial charge in [-0.2, -0.15) is 10.2 Å². The van der Waals surface area contributed by atoms with E-state index in [0.717, 1.165) is 15.2 Å². The number of nitrogens with zero attached hydrogens (tertiary/aromatic N) is 7. The van der Waals surface area contributed by atoms with Crippen molar-refractivity contribution in [2.75, 3.05) is 5.32 Å². The minimum atomic E-state index is -1.37. The van der Waals surface area contributed by atoms with Gasteiger partial charge in [0.1, 0.15) is 12.1 Å². The minimum Gasteiger partial charge on any atom is -0.347 e. The van der Waals surface area contributed by atoms with Crippen LogP contribution in [0, 0.1) is 17.5 Å². The number of benzene rings is 2.